The Morgan fingerprint density at radius 2 is 2.00 bits per heavy atom. The van der Waals surface area contributed by atoms with E-state index in [-0.39, 0.29) is 30.7 Å². The Hall–Kier alpha value is -2.18. The highest BCUT2D eigenvalue weighted by molar-refractivity contribution is 5.89. The monoisotopic (exact) mass is 296 g/mol. The maximum atomic E-state index is 11.6. The molecular formula is C14H20N2O5. The van der Waals surface area contributed by atoms with Crippen LogP contribution in [-0.4, -0.2) is 42.8 Å². The maximum absolute atomic E-state index is 11.6. The van der Waals surface area contributed by atoms with Crippen LogP contribution in [0.3, 0.4) is 0 Å². The Kier molecular flexibility index (Phi) is 7.14. The lowest BCUT2D eigenvalue weighted by atomic mass is 9.93. The quantitative estimate of drug-likeness (QED) is 0.318. The number of hydrogen-bond acceptors (Lipinski definition) is 7. The van der Waals surface area contributed by atoms with Gasteiger partial charge in [0, 0.05) is 18.6 Å². The zero-order valence-corrected chi connectivity index (χ0v) is 12.2. The van der Waals surface area contributed by atoms with Gasteiger partial charge in [0.1, 0.15) is 0 Å². The van der Waals surface area contributed by atoms with Gasteiger partial charge in [-0.25, -0.2) is 0 Å². The van der Waals surface area contributed by atoms with Gasteiger partial charge in [-0.3, -0.25) is 14.6 Å². The molecule has 0 spiro atoms. The summed E-state index contributed by atoms with van der Waals surface area (Å²) >= 11 is 0. The lowest BCUT2D eigenvalue weighted by Gasteiger charge is -2.12. The molecule has 0 aromatic heterocycles. The van der Waals surface area contributed by atoms with E-state index < -0.39 is 0 Å². The fourth-order valence-electron chi connectivity index (χ4n) is 2.06. The summed E-state index contributed by atoms with van der Waals surface area (Å²) < 4.78 is 9.79. The average molecular weight is 296 g/mol. The Labute approximate surface area is 123 Å². The Balaban J connectivity index is 2.72. The smallest absolute Gasteiger partial charge is 0.306 e. The van der Waals surface area contributed by atoms with Crippen LogP contribution in [0.4, 0.5) is 0 Å². The van der Waals surface area contributed by atoms with Crippen molar-refractivity contribution in [1.82, 2.24) is 0 Å². The highest BCUT2D eigenvalue weighted by Crippen LogP contribution is 2.28. The minimum Gasteiger partial charge on any atom is -0.466 e. The molecule has 1 unspecified atom stereocenters. The van der Waals surface area contributed by atoms with Crippen molar-refractivity contribution in [3.05, 3.63) is 11.3 Å². The van der Waals surface area contributed by atoms with E-state index in [1.54, 1.807) is 20.1 Å². The largest absolute Gasteiger partial charge is 0.466 e. The molecule has 1 aliphatic heterocycles. The van der Waals surface area contributed by atoms with Crippen LogP contribution in [0.2, 0.25) is 0 Å². The molecular weight excluding hydrogens is 276 g/mol. The summed E-state index contributed by atoms with van der Waals surface area (Å²) in [7, 11) is 0. The zero-order valence-electron chi connectivity index (χ0n) is 12.2. The predicted molar refractivity (Wildman–Crippen MR) is 76.4 cm³/mol. The summed E-state index contributed by atoms with van der Waals surface area (Å²) in [4.78, 5) is 27.1. The lowest BCUT2D eigenvalue weighted by molar-refractivity contribution is -0.143. The van der Waals surface area contributed by atoms with Gasteiger partial charge in [-0.1, -0.05) is 5.16 Å². The number of ether oxygens (including phenoxy) is 2. The van der Waals surface area contributed by atoms with Crippen LogP contribution in [0.15, 0.2) is 21.4 Å². The molecule has 7 heteroatoms. The van der Waals surface area contributed by atoms with Crippen molar-refractivity contribution in [2.24, 2.45) is 16.1 Å². The van der Waals surface area contributed by atoms with Gasteiger partial charge in [-0.05, 0) is 25.8 Å². The summed E-state index contributed by atoms with van der Waals surface area (Å²) in [6.45, 7) is 4.12. The second kappa shape index (κ2) is 8.89. The van der Waals surface area contributed by atoms with Gasteiger partial charge in [-0.2, -0.15) is 0 Å². The van der Waals surface area contributed by atoms with E-state index in [4.69, 9.17) is 14.7 Å². The molecule has 0 radical (unpaired) electrons. The number of allylic oxidation sites excluding steroid dienone is 2. The number of carbonyl (C=O) groups is 2. The van der Waals surface area contributed by atoms with Crippen LogP contribution < -0.4 is 0 Å². The Bertz CT molecular complexity index is 468. The first-order valence-electron chi connectivity index (χ1n) is 6.88. The van der Waals surface area contributed by atoms with Crippen molar-refractivity contribution < 1.29 is 24.3 Å². The minimum atomic E-state index is -0.329. The summed E-state index contributed by atoms with van der Waals surface area (Å²) in [6, 6.07) is 0. The Morgan fingerprint density at radius 1 is 1.33 bits per heavy atom. The molecule has 116 valence electrons. The molecule has 1 atom stereocenters. The third-order valence-corrected chi connectivity index (χ3v) is 2.95. The van der Waals surface area contributed by atoms with E-state index in [0.29, 0.717) is 25.3 Å². The second-order valence-corrected chi connectivity index (χ2v) is 4.35. The summed E-state index contributed by atoms with van der Waals surface area (Å²) in [5.74, 6) is -0.886. The van der Waals surface area contributed by atoms with Crippen molar-refractivity contribution >= 4 is 24.4 Å². The average Bonchev–Trinajstić information content (AvgIpc) is 2.80. The van der Waals surface area contributed by atoms with E-state index in [0.717, 1.165) is 5.57 Å². The lowest BCUT2D eigenvalue weighted by Crippen LogP contribution is -2.14. The molecule has 0 aromatic rings. The van der Waals surface area contributed by atoms with Crippen molar-refractivity contribution in [2.45, 2.75) is 33.1 Å². The molecule has 0 saturated carbocycles. The molecule has 1 aliphatic rings. The van der Waals surface area contributed by atoms with Crippen LogP contribution in [-0.2, 0) is 19.1 Å². The first-order valence-corrected chi connectivity index (χ1v) is 6.88. The van der Waals surface area contributed by atoms with E-state index in [1.807, 2.05) is 0 Å². The predicted octanol–water partition coefficient (Wildman–Crippen LogP) is 1.70. The SMILES string of the molecule is CCOC(=O)CCC1=C(/C=N/O)N=CC1CC(=O)OCC. The third-order valence-electron chi connectivity index (χ3n) is 2.95. The van der Waals surface area contributed by atoms with Gasteiger partial charge >= 0.3 is 11.9 Å². The first-order chi connectivity index (χ1) is 10.1. The van der Waals surface area contributed by atoms with Crippen molar-refractivity contribution in [3.63, 3.8) is 0 Å². The first kappa shape index (κ1) is 16.9. The highest BCUT2D eigenvalue weighted by atomic mass is 16.5. The normalized spacial score (nSPS) is 17.5. The minimum absolute atomic E-state index is 0.151. The molecule has 0 bridgehead atoms. The molecule has 0 saturated heterocycles. The number of oxime groups is 1. The molecule has 1 N–H and O–H groups in total. The van der Waals surface area contributed by atoms with Crippen LogP contribution in [0.5, 0.6) is 0 Å². The zero-order chi connectivity index (χ0) is 15.7. The van der Waals surface area contributed by atoms with Crippen LogP contribution in [0.1, 0.15) is 33.1 Å². The van der Waals surface area contributed by atoms with Crippen molar-refractivity contribution in [1.29, 1.82) is 0 Å². The third kappa shape index (κ3) is 5.37. The standard InChI is InChI=1S/C14H20N2O5/c1-3-20-13(17)6-5-11-10(7-14(18)21-4-2)8-15-12(11)9-16-19/h8-10,19H,3-7H2,1-2H3/b16-9+. The number of nitrogens with zero attached hydrogens (tertiary/aromatic N) is 2. The summed E-state index contributed by atoms with van der Waals surface area (Å²) in [6.07, 6.45) is 3.54. The van der Waals surface area contributed by atoms with Gasteiger partial charge < -0.3 is 14.7 Å². The molecule has 0 aliphatic carbocycles. The fourth-order valence-corrected chi connectivity index (χ4v) is 2.06. The molecule has 0 amide bonds. The number of carbonyl (C=O) groups excluding carboxylic acids is 2. The number of aliphatic imine (C=N–C) groups is 1. The van der Waals surface area contributed by atoms with E-state index in [9.17, 15) is 9.59 Å². The number of esters is 2. The summed E-state index contributed by atoms with van der Waals surface area (Å²) in [5, 5.41) is 11.6. The van der Waals surface area contributed by atoms with E-state index in [2.05, 4.69) is 10.1 Å². The van der Waals surface area contributed by atoms with Crippen LogP contribution >= 0.6 is 0 Å². The van der Waals surface area contributed by atoms with Gasteiger partial charge in [0.15, 0.2) is 0 Å². The molecule has 0 fully saturated rings. The molecule has 21 heavy (non-hydrogen) atoms. The maximum Gasteiger partial charge on any atom is 0.306 e. The molecule has 7 nitrogen and oxygen atoms in total. The van der Waals surface area contributed by atoms with Gasteiger partial charge in [-0.15, -0.1) is 0 Å². The number of rotatable bonds is 8. The molecule has 1 rings (SSSR count). The number of hydrogen-bond donors (Lipinski definition) is 1. The van der Waals surface area contributed by atoms with E-state index in [1.165, 1.54) is 6.21 Å². The van der Waals surface area contributed by atoms with Gasteiger partial charge in [0.2, 0.25) is 0 Å². The summed E-state index contributed by atoms with van der Waals surface area (Å²) in [5.41, 5.74) is 1.24. The second-order valence-electron chi connectivity index (χ2n) is 4.35. The van der Waals surface area contributed by atoms with E-state index >= 15 is 0 Å². The van der Waals surface area contributed by atoms with Gasteiger partial charge in [0.05, 0.1) is 31.5 Å². The van der Waals surface area contributed by atoms with Crippen LogP contribution in [0, 0.1) is 5.92 Å². The highest BCUT2D eigenvalue weighted by Gasteiger charge is 2.25. The van der Waals surface area contributed by atoms with Gasteiger partial charge in [0.25, 0.3) is 0 Å². The van der Waals surface area contributed by atoms with Crippen LogP contribution in [0.25, 0.3) is 0 Å². The molecule has 0 aromatic carbocycles. The topological polar surface area (TPSA) is 97.5 Å². The molecule has 1 heterocycles. The van der Waals surface area contributed by atoms with Crippen molar-refractivity contribution in [2.75, 3.05) is 13.2 Å². The Morgan fingerprint density at radius 3 is 2.62 bits per heavy atom. The fraction of sp³-hybridized carbons (Fsp3) is 0.571. The van der Waals surface area contributed by atoms with Crippen molar-refractivity contribution in [3.8, 4) is 0 Å².